The number of hydrogen-bond donors (Lipinski definition) is 2. The number of alkyl halides is 3. The fraction of sp³-hybridized carbons (Fsp3) is 0.0909. The van der Waals surface area contributed by atoms with Gasteiger partial charge in [0.05, 0.1) is 0 Å². The second-order valence-electron chi connectivity index (χ2n) is 3.73. The zero-order chi connectivity index (χ0) is 15.6. The lowest BCUT2D eigenvalue weighted by molar-refractivity contribution is -0.145. The summed E-state index contributed by atoms with van der Waals surface area (Å²) in [6.45, 7) is 0. The molecule has 112 valence electrons. The molecule has 0 atom stereocenters. The molecule has 1 heterocycles. The van der Waals surface area contributed by atoms with E-state index in [-0.39, 0.29) is 5.82 Å². The number of anilines is 1. The number of benzene rings is 1. The fourth-order valence-corrected chi connectivity index (χ4v) is 1.35. The van der Waals surface area contributed by atoms with Crippen molar-refractivity contribution in [1.29, 1.82) is 0 Å². The van der Waals surface area contributed by atoms with Crippen molar-refractivity contribution < 1.29 is 26.7 Å². The first-order valence-corrected chi connectivity index (χ1v) is 5.35. The summed E-state index contributed by atoms with van der Waals surface area (Å²) in [7, 11) is 0. The molecule has 0 aliphatic carbocycles. The summed E-state index contributed by atoms with van der Waals surface area (Å²) < 4.78 is 68.7. The molecule has 0 bridgehead atoms. The molecule has 0 unspecified atom stereocenters. The normalized spacial score (nSPS) is 11.3. The van der Waals surface area contributed by atoms with E-state index in [1.807, 2.05) is 5.43 Å². The van der Waals surface area contributed by atoms with Crippen LogP contribution in [0, 0.1) is 11.6 Å². The number of halogens is 5. The molecule has 0 fully saturated rings. The van der Waals surface area contributed by atoms with Crippen molar-refractivity contribution >= 4 is 5.82 Å². The van der Waals surface area contributed by atoms with E-state index >= 15 is 0 Å². The van der Waals surface area contributed by atoms with E-state index < -0.39 is 35.3 Å². The third kappa shape index (κ3) is 3.54. The molecule has 0 spiro atoms. The van der Waals surface area contributed by atoms with Crippen LogP contribution in [0.1, 0.15) is 5.82 Å². The minimum Gasteiger partial charge on any atom is -0.436 e. The molecule has 21 heavy (non-hydrogen) atoms. The van der Waals surface area contributed by atoms with Gasteiger partial charge >= 0.3 is 6.18 Å². The number of nitrogens with one attached hydrogen (secondary N) is 1. The largest absolute Gasteiger partial charge is 0.451 e. The van der Waals surface area contributed by atoms with Gasteiger partial charge in [-0.25, -0.2) is 19.6 Å². The van der Waals surface area contributed by atoms with Crippen LogP contribution in [0.3, 0.4) is 0 Å². The Morgan fingerprint density at radius 3 is 2.38 bits per heavy atom. The Labute approximate surface area is 114 Å². The number of ether oxygens (including phenoxy) is 1. The van der Waals surface area contributed by atoms with Gasteiger partial charge in [0.25, 0.3) is 0 Å². The Balaban J connectivity index is 2.39. The molecule has 2 aromatic rings. The highest BCUT2D eigenvalue weighted by Gasteiger charge is 2.35. The van der Waals surface area contributed by atoms with Crippen LogP contribution in [0.5, 0.6) is 11.6 Å². The van der Waals surface area contributed by atoms with Crippen LogP contribution in [-0.4, -0.2) is 9.97 Å². The summed E-state index contributed by atoms with van der Waals surface area (Å²) in [4.78, 5) is 6.19. The maximum absolute atomic E-state index is 13.4. The first kappa shape index (κ1) is 14.9. The summed E-state index contributed by atoms with van der Waals surface area (Å²) >= 11 is 0. The second kappa shape index (κ2) is 5.48. The van der Waals surface area contributed by atoms with Crippen LogP contribution in [-0.2, 0) is 6.18 Å². The molecule has 5 nitrogen and oxygen atoms in total. The lowest BCUT2D eigenvalue weighted by Gasteiger charge is -2.11. The molecule has 10 heteroatoms. The average molecular weight is 306 g/mol. The first-order valence-electron chi connectivity index (χ1n) is 5.35. The van der Waals surface area contributed by atoms with Crippen molar-refractivity contribution in [3.05, 3.63) is 41.7 Å². The summed E-state index contributed by atoms with van der Waals surface area (Å²) in [6, 6.07) is 3.24. The lowest BCUT2D eigenvalue weighted by atomic mass is 10.3. The monoisotopic (exact) mass is 306 g/mol. The van der Waals surface area contributed by atoms with Gasteiger partial charge < -0.3 is 10.2 Å². The Morgan fingerprint density at radius 1 is 1.10 bits per heavy atom. The van der Waals surface area contributed by atoms with Crippen LogP contribution in [0.15, 0.2) is 24.3 Å². The number of nitrogen functional groups attached to an aromatic ring is 1. The Kier molecular flexibility index (Phi) is 3.89. The van der Waals surface area contributed by atoms with Crippen LogP contribution in [0.2, 0.25) is 0 Å². The topological polar surface area (TPSA) is 73.1 Å². The van der Waals surface area contributed by atoms with Gasteiger partial charge in [-0.2, -0.15) is 18.2 Å². The van der Waals surface area contributed by atoms with Crippen molar-refractivity contribution in [1.82, 2.24) is 9.97 Å². The smallest absolute Gasteiger partial charge is 0.436 e. The van der Waals surface area contributed by atoms with Gasteiger partial charge in [-0.1, -0.05) is 0 Å². The highest BCUT2D eigenvalue weighted by atomic mass is 19.4. The van der Waals surface area contributed by atoms with E-state index in [4.69, 9.17) is 10.6 Å². The predicted octanol–water partition coefficient (Wildman–Crippen LogP) is 2.85. The molecule has 2 rings (SSSR count). The standard InChI is InChI=1S/C11H7F5N4O/c12-5-1-2-7(6(13)3-5)21-9-4-8(20-17)18-10(19-9)11(14,15)16/h1-4H,17H2,(H,18,19,20). The summed E-state index contributed by atoms with van der Waals surface area (Å²) in [5.41, 5.74) is 1.90. The third-order valence-corrected chi connectivity index (χ3v) is 2.21. The van der Waals surface area contributed by atoms with Crippen LogP contribution in [0.4, 0.5) is 27.8 Å². The lowest BCUT2D eigenvalue weighted by Crippen LogP contribution is -2.16. The zero-order valence-electron chi connectivity index (χ0n) is 10.1. The maximum atomic E-state index is 13.4. The third-order valence-electron chi connectivity index (χ3n) is 2.21. The van der Waals surface area contributed by atoms with Crippen molar-refractivity contribution in [3.63, 3.8) is 0 Å². The average Bonchev–Trinajstić information content (AvgIpc) is 2.40. The zero-order valence-corrected chi connectivity index (χ0v) is 10.1. The minimum absolute atomic E-state index is 0.380. The highest BCUT2D eigenvalue weighted by Crippen LogP contribution is 2.31. The van der Waals surface area contributed by atoms with E-state index in [1.165, 1.54) is 0 Å². The molecule has 0 aliphatic rings. The summed E-state index contributed by atoms with van der Waals surface area (Å²) in [5, 5.41) is 0. The number of nitrogens with zero attached hydrogens (tertiary/aromatic N) is 2. The van der Waals surface area contributed by atoms with Gasteiger partial charge in [-0.15, -0.1) is 0 Å². The van der Waals surface area contributed by atoms with Crippen molar-refractivity contribution in [2.75, 3.05) is 5.43 Å². The van der Waals surface area contributed by atoms with Crippen LogP contribution >= 0.6 is 0 Å². The number of rotatable bonds is 3. The van der Waals surface area contributed by atoms with Crippen molar-refractivity contribution in [2.45, 2.75) is 6.18 Å². The molecule has 1 aromatic heterocycles. The molecule has 0 aliphatic heterocycles. The van der Waals surface area contributed by atoms with E-state index in [0.29, 0.717) is 6.07 Å². The Bertz CT molecular complexity index is 662. The number of nitrogens with two attached hydrogens (primary N) is 1. The van der Waals surface area contributed by atoms with Gasteiger partial charge in [0.15, 0.2) is 11.6 Å². The quantitative estimate of drug-likeness (QED) is 0.518. The fourth-order valence-electron chi connectivity index (χ4n) is 1.35. The van der Waals surface area contributed by atoms with Crippen molar-refractivity contribution in [2.24, 2.45) is 5.84 Å². The van der Waals surface area contributed by atoms with Crippen LogP contribution in [0.25, 0.3) is 0 Å². The first-order chi connectivity index (χ1) is 9.79. The van der Waals surface area contributed by atoms with Gasteiger partial charge in [0.2, 0.25) is 11.7 Å². The van der Waals surface area contributed by atoms with Crippen molar-refractivity contribution in [3.8, 4) is 11.6 Å². The van der Waals surface area contributed by atoms with Gasteiger partial charge in [-0.3, -0.25) is 0 Å². The van der Waals surface area contributed by atoms with Gasteiger partial charge in [-0.05, 0) is 12.1 Å². The molecule has 0 saturated carbocycles. The van der Waals surface area contributed by atoms with E-state index in [1.54, 1.807) is 0 Å². The van der Waals surface area contributed by atoms with E-state index in [0.717, 1.165) is 18.2 Å². The Morgan fingerprint density at radius 2 is 1.81 bits per heavy atom. The molecular formula is C11H7F5N4O. The molecule has 0 radical (unpaired) electrons. The van der Waals surface area contributed by atoms with E-state index in [2.05, 4.69) is 9.97 Å². The van der Waals surface area contributed by atoms with E-state index in [9.17, 15) is 22.0 Å². The maximum Gasteiger partial charge on any atom is 0.451 e. The summed E-state index contributed by atoms with van der Waals surface area (Å²) in [6.07, 6.45) is -4.84. The summed E-state index contributed by atoms with van der Waals surface area (Å²) in [5.74, 6) is 0.0423. The minimum atomic E-state index is -4.84. The highest BCUT2D eigenvalue weighted by molar-refractivity contribution is 5.39. The number of hydrogen-bond acceptors (Lipinski definition) is 5. The molecule has 0 saturated heterocycles. The Hall–Kier alpha value is -2.49. The number of aromatic nitrogens is 2. The van der Waals surface area contributed by atoms with Crippen LogP contribution < -0.4 is 16.0 Å². The van der Waals surface area contributed by atoms with Gasteiger partial charge in [0.1, 0.15) is 11.6 Å². The SMILES string of the molecule is NNc1cc(Oc2ccc(F)cc2F)nc(C(F)(F)F)n1. The number of hydrazine groups is 1. The predicted molar refractivity (Wildman–Crippen MR) is 61.3 cm³/mol. The van der Waals surface area contributed by atoms with Gasteiger partial charge in [0, 0.05) is 12.1 Å². The second-order valence-corrected chi connectivity index (χ2v) is 3.73. The molecule has 3 N–H and O–H groups in total. The molecular weight excluding hydrogens is 299 g/mol. The molecule has 1 aromatic carbocycles. The molecule has 0 amide bonds.